The number of hydrogen-bond acceptors (Lipinski definition) is 1. The zero-order chi connectivity index (χ0) is 15.5. The van der Waals surface area contributed by atoms with Crippen molar-refractivity contribution in [1.29, 1.82) is 0 Å². The van der Waals surface area contributed by atoms with Crippen LogP contribution in [-0.4, -0.2) is 4.98 Å². The molecule has 0 N–H and O–H groups in total. The second-order valence-corrected chi connectivity index (χ2v) is 5.30. The van der Waals surface area contributed by atoms with E-state index in [2.05, 4.69) is 35.8 Å². The van der Waals surface area contributed by atoms with Gasteiger partial charge >= 0.3 is 0 Å². The second-order valence-electron chi connectivity index (χ2n) is 5.30. The van der Waals surface area contributed by atoms with Crippen LogP contribution in [0.25, 0.3) is 27.2 Å². The lowest BCUT2D eigenvalue weighted by molar-refractivity contribution is 1.22. The molecular weight excluding hydrogens is 268 g/mol. The number of hydrogen-bond donors (Lipinski definition) is 0. The molecule has 22 heavy (non-hydrogen) atoms. The third-order valence-corrected chi connectivity index (χ3v) is 3.98. The largest absolute Gasteiger partial charge is 0.255 e. The van der Waals surface area contributed by atoms with E-state index >= 15 is 0 Å². The monoisotopic (exact) mass is 284 g/mol. The van der Waals surface area contributed by atoms with E-state index in [4.69, 9.17) is 6.57 Å². The summed E-state index contributed by atoms with van der Waals surface area (Å²) < 4.78 is 0. The molecule has 0 aliphatic rings. The maximum absolute atomic E-state index is 7.15. The Hall–Kier alpha value is -2.92. The number of pyridine rings is 1. The maximum Gasteiger partial charge on any atom is 0.187 e. The van der Waals surface area contributed by atoms with Crippen molar-refractivity contribution >= 4 is 5.69 Å². The molecule has 2 aromatic carbocycles. The van der Waals surface area contributed by atoms with Crippen LogP contribution >= 0.6 is 0 Å². The lowest BCUT2D eigenvalue weighted by atomic mass is 9.95. The average Bonchev–Trinajstić information content (AvgIpc) is 2.58. The summed E-state index contributed by atoms with van der Waals surface area (Å²) in [5.74, 6) is 0. The standard InChI is InChI=1S/C20H16N2/c1-14-15(2)20(16-8-5-4-6-9-16)22-13-19(14)17-10-7-11-18(12-17)21-3/h4-13H,1-2H3. The van der Waals surface area contributed by atoms with Crippen LogP contribution in [0.2, 0.25) is 0 Å². The van der Waals surface area contributed by atoms with E-state index in [1.807, 2.05) is 48.7 Å². The van der Waals surface area contributed by atoms with Gasteiger partial charge in [0.25, 0.3) is 0 Å². The van der Waals surface area contributed by atoms with E-state index in [0.29, 0.717) is 5.69 Å². The molecule has 0 aliphatic heterocycles. The minimum atomic E-state index is 0.654. The normalized spacial score (nSPS) is 10.2. The van der Waals surface area contributed by atoms with Gasteiger partial charge in [0.05, 0.1) is 12.3 Å². The summed E-state index contributed by atoms with van der Waals surface area (Å²) in [4.78, 5) is 8.17. The summed E-state index contributed by atoms with van der Waals surface area (Å²) in [7, 11) is 0. The quantitative estimate of drug-likeness (QED) is 0.561. The Morgan fingerprint density at radius 3 is 2.32 bits per heavy atom. The molecule has 0 saturated carbocycles. The van der Waals surface area contributed by atoms with Gasteiger partial charge in [-0.15, -0.1) is 0 Å². The van der Waals surface area contributed by atoms with Gasteiger partial charge < -0.3 is 0 Å². The van der Waals surface area contributed by atoms with Crippen LogP contribution in [0, 0.1) is 20.4 Å². The SMILES string of the molecule is [C-]#[N+]c1cccc(-c2cnc(-c3ccccc3)c(C)c2C)c1. The smallest absolute Gasteiger partial charge is 0.187 e. The molecule has 0 amide bonds. The maximum atomic E-state index is 7.15. The van der Waals surface area contributed by atoms with Gasteiger partial charge in [-0.3, -0.25) is 4.98 Å². The average molecular weight is 284 g/mol. The summed E-state index contributed by atoms with van der Waals surface area (Å²) >= 11 is 0. The summed E-state index contributed by atoms with van der Waals surface area (Å²) in [6.07, 6.45) is 1.91. The Kier molecular flexibility index (Phi) is 3.72. The molecule has 3 aromatic rings. The first-order valence-electron chi connectivity index (χ1n) is 7.20. The van der Waals surface area contributed by atoms with Gasteiger partial charge in [-0.05, 0) is 36.6 Å². The van der Waals surface area contributed by atoms with E-state index in [1.54, 1.807) is 0 Å². The summed E-state index contributed by atoms with van der Waals surface area (Å²) in [5, 5.41) is 0. The summed E-state index contributed by atoms with van der Waals surface area (Å²) in [5.41, 5.74) is 7.31. The van der Waals surface area contributed by atoms with Crippen LogP contribution in [0.1, 0.15) is 11.1 Å². The molecule has 0 atom stereocenters. The molecule has 0 unspecified atom stereocenters. The molecule has 1 heterocycles. The number of benzene rings is 2. The van der Waals surface area contributed by atoms with Crippen LogP contribution in [0.5, 0.6) is 0 Å². The highest BCUT2D eigenvalue weighted by Gasteiger charge is 2.11. The highest BCUT2D eigenvalue weighted by molar-refractivity contribution is 5.75. The van der Waals surface area contributed by atoms with Crippen molar-refractivity contribution < 1.29 is 0 Å². The highest BCUT2D eigenvalue weighted by Crippen LogP contribution is 2.31. The van der Waals surface area contributed by atoms with Crippen LogP contribution in [-0.2, 0) is 0 Å². The van der Waals surface area contributed by atoms with Crippen molar-refractivity contribution in [1.82, 2.24) is 4.98 Å². The Bertz CT molecular complexity index is 859. The number of rotatable bonds is 2. The van der Waals surface area contributed by atoms with Crippen molar-refractivity contribution in [2.75, 3.05) is 0 Å². The van der Waals surface area contributed by atoms with Gasteiger partial charge in [0.1, 0.15) is 0 Å². The summed E-state index contributed by atoms with van der Waals surface area (Å²) in [6, 6.07) is 17.9. The third kappa shape index (κ3) is 2.49. The highest BCUT2D eigenvalue weighted by atomic mass is 14.7. The van der Waals surface area contributed by atoms with E-state index in [-0.39, 0.29) is 0 Å². The first-order valence-corrected chi connectivity index (χ1v) is 7.20. The molecule has 0 radical (unpaired) electrons. The molecule has 2 nitrogen and oxygen atoms in total. The molecule has 0 bridgehead atoms. The molecule has 0 saturated heterocycles. The van der Waals surface area contributed by atoms with Crippen LogP contribution in [0.15, 0.2) is 60.8 Å². The lowest BCUT2D eigenvalue weighted by Crippen LogP contribution is -1.95. The van der Waals surface area contributed by atoms with Gasteiger partial charge in [0.15, 0.2) is 5.69 Å². The van der Waals surface area contributed by atoms with Gasteiger partial charge in [-0.2, -0.15) is 0 Å². The van der Waals surface area contributed by atoms with E-state index in [0.717, 1.165) is 22.4 Å². The Balaban J connectivity index is 2.13. The topological polar surface area (TPSA) is 17.2 Å². The van der Waals surface area contributed by atoms with E-state index in [9.17, 15) is 0 Å². The Morgan fingerprint density at radius 2 is 1.59 bits per heavy atom. The van der Waals surface area contributed by atoms with Crippen LogP contribution in [0.4, 0.5) is 5.69 Å². The first kappa shape index (κ1) is 14.0. The van der Waals surface area contributed by atoms with Crippen LogP contribution in [0.3, 0.4) is 0 Å². The van der Waals surface area contributed by atoms with Crippen molar-refractivity contribution in [3.05, 3.63) is 83.3 Å². The van der Waals surface area contributed by atoms with E-state index in [1.165, 1.54) is 11.1 Å². The zero-order valence-corrected chi connectivity index (χ0v) is 12.7. The van der Waals surface area contributed by atoms with Crippen molar-refractivity contribution in [3.63, 3.8) is 0 Å². The molecule has 2 heteroatoms. The molecule has 1 aromatic heterocycles. The fraction of sp³-hybridized carbons (Fsp3) is 0.100. The minimum absolute atomic E-state index is 0.654. The predicted octanol–water partition coefficient (Wildman–Crippen LogP) is 5.58. The molecular formula is C20H16N2. The van der Waals surface area contributed by atoms with Gasteiger partial charge in [-0.1, -0.05) is 48.5 Å². The van der Waals surface area contributed by atoms with E-state index < -0.39 is 0 Å². The Morgan fingerprint density at radius 1 is 0.864 bits per heavy atom. The minimum Gasteiger partial charge on any atom is -0.255 e. The lowest BCUT2D eigenvalue weighted by Gasteiger charge is -2.13. The number of aromatic nitrogens is 1. The predicted molar refractivity (Wildman–Crippen MR) is 90.8 cm³/mol. The van der Waals surface area contributed by atoms with Gasteiger partial charge in [0, 0.05) is 17.3 Å². The molecule has 106 valence electrons. The van der Waals surface area contributed by atoms with Crippen molar-refractivity contribution in [2.45, 2.75) is 13.8 Å². The molecule has 0 fully saturated rings. The third-order valence-electron chi connectivity index (χ3n) is 3.98. The number of nitrogens with zero attached hydrogens (tertiary/aromatic N) is 2. The molecule has 3 rings (SSSR count). The van der Waals surface area contributed by atoms with Crippen molar-refractivity contribution in [2.24, 2.45) is 0 Å². The van der Waals surface area contributed by atoms with Gasteiger partial charge in [-0.25, -0.2) is 4.85 Å². The fourth-order valence-electron chi connectivity index (χ4n) is 2.62. The second kappa shape index (κ2) is 5.83. The first-order chi connectivity index (χ1) is 10.7. The van der Waals surface area contributed by atoms with Crippen LogP contribution < -0.4 is 0 Å². The zero-order valence-electron chi connectivity index (χ0n) is 12.7. The van der Waals surface area contributed by atoms with Crippen molar-refractivity contribution in [3.8, 4) is 22.4 Å². The molecule has 0 aliphatic carbocycles. The van der Waals surface area contributed by atoms with Gasteiger partial charge in [0.2, 0.25) is 0 Å². The Labute approximate surface area is 130 Å². The summed E-state index contributed by atoms with van der Waals surface area (Å²) in [6.45, 7) is 11.4. The fourth-order valence-corrected chi connectivity index (χ4v) is 2.62. The molecule has 0 spiro atoms.